The van der Waals surface area contributed by atoms with Gasteiger partial charge in [0.1, 0.15) is 10.3 Å². The number of halogens is 1. The number of pyridine rings is 1. The summed E-state index contributed by atoms with van der Waals surface area (Å²) in [5.74, 6) is 0.679. The number of nitrogens with zero attached hydrogens (tertiary/aromatic N) is 2. The van der Waals surface area contributed by atoms with E-state index in [1.54, 1.807) is 6.20 Å². The van der Waals surface area contributed by atoms with Crippen molar-refractivity contribution in [1.29, 1.82) is 0 Å². The van der Waals surface area contributed by atoms with Crippen molar-refractivity contribution in [2.45, 2.75) is 13.0 Å². The lowest BCUT2D eigenvalue weighted by Crippen LogP contribution is -2.02. The van der Waals surface area contributed by atoms with E-state index < -0.39 is 0 Å². The maximum Gasteiger partial charge on any atom is 0.153 e. The van der Waals surface area contributed by atoms with Gasteiger partial charge in [0.15, 0.2) is 5.76 Å². The van der Waals surface area contributed by atoms with Crippen LogP contribution in [0.25, 0.3) is 11.3 Å². The smallest absolute Gasteiger partial charge is 0.153 e. The van der Waals surface area contributed by atoms with Crippen LogP contribution in [-0.4, -0.2) is 10.1 Å². The third kappa shape index (κ3) is 2.24. The molecule has 1 atom stereocenters. The molecular formula is C10H10BrN3O. The average Bonchev–Trinajstić information content (AvgIpc) is 2.66. The summed E-state index contributed by atoms with van der Waals surface area (Å²) in [6.07, 6.45) is 1.71. The summed E-state index contributed by atoms with van der Waals surface area (Å²) in [6, 6.07) is 5.44. The lowest BCUT2D eigenvalue weighted by molar-refractivity contribution is 0.369. The van der Waals surface area contributed by atoms with Gasteiger partial charge in [-0.1, -0.05) is 5.16 Å². The number of hydrogen-bond acceptors (Lipinski definition) is 4. The Balaban J connectivity index is 2.37. The Morgan fingerprint density at radius 1 is 1.47 bits per heavy atom. The molecule has 0 aliphatic heterocycles. The molecule has 2 heterocycles. The van der Waals surface area contributed by atoms with E-state index in [1.807, 2.05) is 25.1 Å². The van der Waals surface area contributed by atoms with Gasteiger partial charge in [-0.25, -0.2) is 4.98 Å². The highest BCUT2D eigenvalue weighted by Gasteiger charge is 2.09. The fourth-order valence-corrected chi connectivity index (χ4v) is 1.57. The fraction of sp³-hybridized carbons (Fsp3) is 0.200. The number of aromatic nitrogens is 2. The number of hydrogen-bond donors (Lipinski definition) is 1. The zero-order valence-electron chi connectivity index (χ0n) is 8.14. The largest absolute Gasteiger partial charge is 0.359 e. The molecule has 5 heteroatoms. The highest BCUT2D eigenvalue weighted by atomic mass is 79.9. The Kier molecular flexibility index (Phi) is 2.83. The molecule has 0 fully saturated rings. The molecule has 1 unspecified atom stereocenters. The molecule has 2 rings (SSSR count). The molecule has 0 amide bonds. The van der Waals surface area contributed by atoms with Crippen LogP contribution in [-0.2, 0) is 0 Å². The highest BCUT2D eigenvalue weighted by Crippen LogP contribution is 2.22. The van der Waals surface area contributed by atoms with Crippen molar-refractivity contribution in [1.82, 2.24) is 10.1 Å². The molecule has 2 N–H and O–H groups in total. The summed E-state index contributed by atoms with van der Waals surface area (Å²) in [5.41, 5.74) is 7.40. The first-order chi connectivity index (χ1) is 7.16. The lowest BCUT2D eigenvalue weighted by Gasteiger charge is -1.95. The molecule has 78 valence electrons. The molecule has 0 aromatic carbocycles. The molecular weight excluding hydrogens is 258 g/mol. The molecule has 0 aliphatic carbocycles. The van der Waals surface area contributed by atoms with E-state index >= 15 is 0 Å². The van der Waals surface area contributed by atoms with Crippen LogP contribution < -0.4 is 5.73 Å². The number of rotatable bonds is 2. The van der Waals surface area contributed by atoms with E-state index in [0.717, 1.165) is 15.9 Å². The van der Waals surface area contributed by atoms with Crippen molar-refractivity contribution < 1.29 is 4.52 Å². The van der Waals surface area contributed by atoms with Crippen molar-refractivity contribution in [2.24, 2.45) is 5.73 Å². The van der Waals surface area contributed by atoms with Gasteiger partial charge in [-0.15, -0.1) is 0 Å². The second-order valence-corrected chi connectivity index (χ2v) is 4.08. The van der Waals surface area contributed by atoms with Crippen molar-refractivity contribution >= 4 is 15.9 Å². The Morgan fingerprint density at radius 3 is 2.87 bits per heavy atom. The summed E-state index contributed by atoms with van der Waals surface area (Å²) < 4.78 is 5.88. The van der Waals surface area contributed by atoms with Gasteiger partial charge in [-0.05, 0) is 35.0 Å². The normalized spacial score (nSPS) is 12.7. The first-order valence-electron chi connectivity index (χ1n) is 4.51. The molecule has 15 heavy (non-hydrogen) atoms. The predicted octanol–water partition coefficient (Wildman–Crippen LogP) is 2.52. The molecule has 0 saturated carbocycles. The standard InChI is InChI=1S/C10H10BrN3O/c1-6(12)9-5-8(14-15-9)7-2-3-13-10(11)4-7/h2-6H,12H2,1H3. The third-order valence-corrected chi connectivity index (χ3v) is 2.43. The predicted molar refractivity (Wildman–Crippen MR) is 60.0 cm³/mol. The van der Waals surface area contributed by atoms with Crippen molar-refractivity contribution in [3.63, 3.8) is 0 Å². The van der Waals surface area contributed by atoms with Gasteiger partial charge in [-0.2, -0.15) is 0 Å². The van der Waals surface area contributed by atoms with Gasteiger partial charge in [0.2, 0.25) is 0 Å². The van der Waals surface area contributed by atoms with Gasteiger partial charge < -0.3 is 10.3 Å². The molecule has 0 bridgehead atoms. The van der Waals surface area contributed by atoms with Gasteiger partial charge in [-0.3, -0.25) is 0 Å². The van der Waals surface area contributed by atoms with Gasteiger partial charge in [0, 0.05) is 17.8 Å². The lowest BCUT2D eigenvalue weighted by atomic mass is 10.1. The topological polar surface area (TPSA) is 64.9 Å². The van der Waals surface area contributed by atoms with Crippen LogP contribution in [0.1, 0.15) is 18.7 Å². The summed E-state index contributed by atoms with van der Waals surface area (Å²) >= 11 is 3.30. The summed E-state index contributed by atoms with van der Waals surface area (Å²) in [4.78, 5) is 4.04. The Bertz CT molecular complexity index is 467. The van der Waals surface area contributed by atoms with E-state index in [1.165, 1.54) is 0 Å². The average molecular weight is 268 g/mol. The zero-order chi connectivity index (χ0) is 10.8. The van der Waals surface area contributed by atoms with E-state index in [-0.39, 0.29) is 6.04 Å². The van der Waals surface area contributed by atoms with Crippen molar-refractivity contribution in [3.05, 3.63) is 34.8 Å². The van der Waals surface area contributed by atoms with E-state index in [4.69, 9.17) is 10.3 Å². The quantitative estimate of drug-likeness (QED) is 0.850. The van der Waals surface area contributed by atoms with Crippen LogP contribution in [0.5, 0.6) is 0 Å². The van der Waals surface area contributed by atoms with Gasteiger partial charge in [0.05, 0.1) is 6.04 Å². The minimum absolute atomic E-state index is 0.142. The van der Waals surface area contributed by atoms with E-state index in [2.05, 4.69) is 26.1 Å². The van der Waals surface area contributed by atoms with E-state index in [9.17, 15) is 0 Å². The second-order valence-electron chi connectivity index (χ2n) is 3.27. The SMILES string of the molecule is CC(N)c1cc(-c2ccnc(Br)c2)no1. The molecule has 2 aromatic rings. The summed E-state index contributed by atoms with van der Waals surface area (Å²) in [5, 5.41) is 3.95. The molecule has 0 saturated heterocycles. The van der Waals surface area contributed by atoms with Gasteiger partial charge in [0.25, 0.3) is 0 Å². The summed E-state index contributed by atoms with van der Waals surface area (Å²) in [7, 11) is 0. The van der Waals surface area contributed by atoms with Gasteiger partial charge >= 0.3 is 0 Å². The fourth-order valence-electron chi connectivity index (χ4n) is 1.20. The van der Waals surface area contributed by atoms with Crippen LogP contribution >= 0.6 is 15.9 Å². The van der Waals surface area contributed by atoms with Crippen molar-refractivity contribution in [3.8, 4) is 11.3 Å². The molecule has 0 radical (unpaired) electrons. The minimum Gasteiger partial charge on any atom is -0.359 e. The maximum absolute atomic E-state index is 5.68. The van der Waals surface area contributed by atoms with Crippen LogP contribution in [0.3, 0.4) is 0 Å². The highest BCUT2D eigenvalue weighted by molar-refractivity contribution is 9.10. The molecule has 0 aliphatic rings. The Labute approximate surface area is 95.6 Å². The second kappa shape index (κ2) is 4.12. The van der Waals surface area contributed by atoms with Crippen molar-refractivity contribution in [2.75, 3.05) is 0 Å². The zero-order valence-corrected chi connectivity index (χ0v) is 9.73. The minimum atomic E-state index is -0.142. The van der Waals surface area contributed by atoms with Crippen LogP contribution in [0.4, 0.5) is 0 Å². The monoisotopic (exact) mass is 267 g/mol. The summed E-state index contributed by atoms with van der Waals surface area (Å²) in [6.45, 7) is 1.85. The molecule has 2 aromatic heterocycles. The first kappa shape index (κ1) is 10.3. The van der Waals surface area contributed by atoms with Crippen LogP contribution in [0.15, 0.2) is 33.5 Å². The Morgan fingerprint density at radius 2 is 2.27 bits per heavy atom. The maximum atomic E-state index is 5.68. The van der Waals surface area contributed by atoms with Crippen LogP contribution in [0, 0.1) is 0 Å². The first-order valence-corrected chi connectivity index (χ1v) is 5.30. The van der Waals surface area contributed by atoms with Crippen LogP contribution in [0.2, 0.25) is 0 Å². The van der Waals surface area contributed by atoms with E-state index in [0.29, 0.717) is 5.76 Å². The molecule has 0 spiro atoms. The Hall–Kier alpha value is -1.20. The molecule has 4 nitrogen and oxygen atoms in total. The third-order valence-electron chi connectivity index (χ3n) is 2.00. The number of nitrogens with two attached hydrogens (primary N) is 1.